The van der Waals surface area contributed by atoms with Crippen LogP contribution in [0.2, 0.25) is 0 Å². The second-order valence-corrected chi connectivity index (χ2v) is 7.81. The molecule has 0 radical (unpaired) electrons. The van der Waals surface area contributed by atoms with Crippen LogP contribution in [0.3, 0.4) is 0 Å². The van der Waals surface area contributed by atoms with Crippen molar-refractivity contribution in [3.8, 4) is 0 Å². The maximum atomic E-state index is 12.6. The summed E-state index contributed by atoms with van der Waals surface area (Å²) in [7, 11) is 0. The first-order valence-electron chi connectivity index (χ1n) is 9.20. The minimum Gasteiger partial charge on any atom is -0.452 e. The first kappa shape index (κ1) is 19.3. The van der Waals surface area contributed by atoms with E-state index in [1.165, 1.54) is 17.8 Å². The number of thiophene rings is 1. The molecule has 0 saturated heterocycles. The Hall–Kier alpha value is -2.47. The predicted molar refractivity (Wildman–Crippen MR) is 104 cm³/mol. The number of ketones is 1. The fourth-order valence-electron chi connectivity index (χ4n) is 3.39. The summed E-state index contributed by atoms with van der Waals surface area (Å²) in [6, 6.07) is 10.2. The van der Waals surface area contributed by atoms with Gasteiger partial charge in [0.2, 0.25) is 5.78 Å². The van der Waals surface area contributed by atoms with Crippen LogP contribution in [0.25, 0.3) is 0 Å². The molecule has 1 amide bonds. The van der Waals surface area contributed by atoms with Crippen LogP contribution in [0.5, 0.6) is 0 Å². The Kier molecular flexibility index (Phi) is 6.40. The van der Waals surface area contributed by atoms with Crippen LogP contribution in [0.15, 0.2) is 41.8 Å². The molecule has 1 aromatic carbocycles. The normalized spacial score (nSPS) is 19.3. The van der Waals surface area contributed by atoms with E-state index in [9.17, 15) is 14.4 Å². The molecule has 5 nitrogen and oxygen atoms in total. The van der Waals surface area contributed by atoms with Crippen LogP contribution >= 0.6 is 11.3 Å². The number of carbonyl (C=O) groups is 3. The third kappa shape index (κ3) is 4.83. The van der Waals surface area contributed by atoms with E-state index in [1.54, 1.807) is 36.4 Å². The van der Waals surface area contributed by atoms with E-state index in [-0.39, 0.29) is 35.5 Å². The highest BCUT2D eigenvalue weighted by Gasteiger charge is 2.24. The zero-order valence-corrected chi connectivity index (χ0v) is 16.1. The highest BCUT2D eigenvalue weighted by atomic mass is 32.1. The van der Waals surface area contributed by atoms with Gasteiger partial charge in [-0.05, 0) is 36.3 Å². The van der Waals surface area contributed by atoms with Crippen LogP contribution in [-0.4, -0.2) is 30.3 Å². The van der Waals surface area contributed by atoms with Crippen molar-refractivity contribution in [2.45, 2.75) is 38.6 Å². The average molecular weight is 385 g/mol. The highest BCUT2D eigenvalue weighted by Crippen LogP contribution is 2.23. The smallest absolute Gasteiger partial charge is 0.339 e. The van der Waals surface area contributed by atoms with E-state index in [0.717, 1.165) is 19.3 Å². The minimum atomic E-state index is -0.664. The van der Waals surface area contributed by atoms with Crippen LogP contribution in [-0.2, 0) is 9.53 Å². The molecule has 6 heteroatoms. The fraction of sp³-hybridized carbons (Fsp3) is 0.381. The summed E-state index contributed by atoms with van der Waals surface area (Å²) >= 11 is 1.32. The molecule has 2 atom stereocenters. The Morgan fingerprint density at radius 1 is 1.07 bits per heavy atom. The van der Waals surface area contributed by atoms with Crippen LogP contribution in [0.4, 0.5) is 0 Å². The van der Waals surface area contributed by atoms with E-state index in [0.29, 0.717) is 10.8 Å². The number of amides is 1. The SMILES string of the molecule is CC1CCCCC1NC(=O)COC(=O)c1ccccc1C(=O)c1cccs1. The molecule has 27 heavy (non-hydrogen) atoms. The number of hydrogen-bond donors (Lipinski definition) is 1. The van der Waals surface area contributed by atoms with E-state index in [2.05, 4.69) is 12.2 Å². The molecule has 1 fully saturated rings. The molecule has 1 saturated carbocycles. The van der Waals surface area contributed by atoms with Gasteiger partial charge in [0, 0.05) is 11.6 Å². The van der Waals surface area contributed by atoms with Crippen molar-refractivity contribution >= 4 is 29.0 Å². The van der Waals surface area contributed by atoms with E-state index in [1.807, 2.05) is 5.38 Å². The third-order valence-corrected chi connectivity index (χ3v) is 5.80. The molecule has 1 heterocycles. The molecule has 1 N–H and O–H groups in total. The van der Waals surface area contributed by atoms with Gasteiger partial charge in [0.25, 0.3) is 5.91 Å². The number of nitrogens with one attached hydrogen (secondary N) is 1. The Balaban J connectivity index is 1.61. The molecule has 1 aromatic heterocycles. The first-order valence-corrected chi connectivity index (χ1v) is 10.1. The van der Waals surface area contributed by atoms with Crippen molar-refractivity contribution in [1.82, 2.24) is 5.32 Å². The van der Waals surface area contributed by atoms with E-state index in [4.69, 9.17) is 4.74 Å². The fourth-order valence-corrected chi connectivity index (χ4v) is 4.07. The molecule has 2 unspecified atom stereocenters. The Labute approximate surface area is 162 Å². The summed E-state index contributed by atoms with van der Waals surface area (Å²) in [6.45, 7) is 1.78. The maximum Gasteiger partial charge on any atom is 0.339 e. The van der Waals surface area contributed by atoms with Gasteiger partial charge in [0.1, 0.15) is 0 Å². The van der Waals surface area contributed by atoms with Gasteiger partial charge in [-0.1, -0.05) is 44.0 Å². The van der Waals surface area contributed by atoms with Crippen LogP contribution < -0.4 is 5.32 Å². The highest BCUT2D eigenvalue weighted by molar-refractivity contribution is 7.12. The van der Waals surface area contributed by atoms with Crippen LogP contribution in [0, 0.1) is 5.92 Å². The van der Waals surface area contributed by atoms with Gasteiger partial charge in [-0.3, -0.25) is 9.59 Å². The van der Waals surface area contributed by atoms with Gasteiger partial charge in [0.05, 0.1) is 10.4 Å². The maximum absolute atomic E-state index is 12.6. The van der Waals surface area contributed by atoms with Gasteiger partial charge < -0.3 is 10.1 Å². The standard InChI is InChI=1S/C21H23NO4S/c1-14-7-2-5-10-17(14)22-19(23)13-26-21(25)16-9-4-3-8-15(16)20(24)18-11-6-12-27-18/h3-4,6,8-9,11-12,14,17H,2,5,7,10,13H2,1H3,(H,22,23). The van der Waals surface area contributed by atoms with E-state index < -0.39 is 5.97 Å². The summed E-state index contributed by atoms with van der Waals surface area (Å²) in [5.41, 5.74) is 0.459. The second-order valence-electron chi connectivity index (χ2n) is 6.86. The monoisotopic (exact) mass is 385 g/mol. The van der Waals surface area contributed by atoms with E-state index >= 15 is 0 Å². The second kappa shape index (κ2) is 8.95. The van der Waals surface area contributed by atoms with Gasteiger partial charge in [0.15, 0.2) is 6.61 Å². The largest absolute Gasteiger partial charge is 0.452 e. The van der Waals surface area contributed by atoms with Gasteiger partial charge in [-0.2, -0.15) is 0 Å². The molecule has 0 bridgehead atoms. The lowest BCUT2D eigenvalue weighted by molar-refractivity contribution is -0.125. The summed E-state index contributed by atoms with van der Waals surface area (Å²) in [5.74, 6) is -0.757. The molecule has 1 aliphatic rings. The van der Waals surface area contributed by atoms with Crippen molar-refractivity contribution in [3.05, 3.63) is 57.8 Å². The van der Waals surface area contributed by atoms with Crippen molar-refractivity contribution in [3.63, 3.8) is 0 Å². The minimum absolute atomic E-state index is 0.137. The molecule has 1 aliphatic carbocycles. The number of esters is 1. The topological polar surface area (TPSA) is 72.5 Å². The molecule has 0 aliphatic heterocycles. The summed E-state index contributed by atoms with van der Waals surface area (Å²) in [6.07, 6.45) is 4.35. The summed E-state index contributed by atoms with van der Waals surface area (Å²) in [4.78, 5) is 37.7. The van der Waals surface area contributed by atoms with Crippen molar-refractivity contribution in [1.29, 1.82) is 0 Å². The molecule has 0 spiro atoms. The quantitative estimate of drug-likeness (QED) is 0.606. The molecular formula is C21H23NO4S. The molecule has 142 valence electrons. The summed E-state index contributed by atoms with van der Waals surface area (Å²) in [5, 5.41) is 4.76. The zero-order chi connectivity index (χ0) is 19.2. The number of rotatable bonds is 6. The predicted octanol–water partition coefficient (Wildman–Crippen LogP) is 3.83. The Bertz CT molecular complexity index is 815. The molecular weight excluding hydrogens is 362 g/mol. The Morgan fingerprint density at radius 2 is 1.81 bits per heavy atom. The van der Waals surface area contributed by atoms with Gasteiger partial charge in [-0.25, -0.2) is 4.79 Å². The lowest BCUT2D eigenvalue weighted by Gasteiger charge is -2.29. The number of ether oxygens (including phenoxy) is 1. The van der Waals surface area contributed by atoms with Crippen molar-refractivity contribution < 1.29 is 19.1 Å². The summed E-state index contributed by atoms with van der Waals surface area (Å²) < 4.78 is 5.18. The molecule has 3 rings (SSSR count). The van der Waals surface area contributed by atoms with Gasteiger partial charge in [-0.15, -0.1) is 11.3 Å². The number of carbonyl (C=O) groups excluding carboxylic acids is 3. The van der Waals surface area contributed by atoms with Gasteiger partial charge >= 0.3 is 5.97 Å². The number of hydrogen-bond acceptors (Lipinski definition) is 5. The number of benzene rings is 1. The van der Waals surface area contributed by atoms with Crippen molar-refractivity contribution in [2.75, 3.05) is 6.61 Å². The third-order valence-electron chi connectivity index (χ3n) is 4.93. The molecule has 2 aromatic rings. The zero-order valence-electron chi connectivity index (χ0n) is 15.3. The van der Waals surface area contributed by atoms with Crippen LogP contribution in [0.1, 0.15) is 58.2 Å². The Morgan fingerprint density at radius 3 is 2.52 bits per heavy atom. The lowest BCUT2D eigenvalue weighted by atomic mass is 9.86. The lowest BCUT2D eigenvalue weighted by Crippen LogP contribution is -2.42. The first-order chi connectivity index (χ1) is 13.1. The average Bonchev–Trinajstić information content (AvgIpc) is 3.22. The van der Waals surface area contributed by atoms with Crippen molar-refractivity contribution in [2.24, 2.45) is 5.92 Å².